The van der Waals surface area contributed by atoms with E-state index in [1.807, 2.05) is 4.90 Å². The molecule has 31 heavy (non-hydrogen) atoms. The number of nitrogens with zero attached hydrogens (tertiary/aromatic N) is 2. The summed E-state index contributed by atoms with van der Waals surface area (Å²) in [7, 11) is 0. The Labute approximate surface area is 179 Å². The molecule has 1 fully saturated rings. The number of imide groups is 1. The van der Waals surface area contributed by atoms with Crippen LogP contribution in [0.15, 0.2) is 42.5 Å². The maximum Gasteiger partial charge on any atom is 0.262 e. The second-order valence-corrected chi connectivity index (χ2v) is 7.97. The minimum atomic E-state index is -1.02. The molecule has 2 aliphatic heterocycles. The highest BCUT2D eigenvalue weighted by atomic mass is 19.1. The van der Waals surface area contributed by atoms with Crippen LogP contribution < -0.4 is 10.2 Å². The third kappa shape index (κ3) is 3.90. The number of halogens is 1. The molecule has 1 N–H and O–H groups in total. The molecule has 0 aromatic heterocycles. The predicted octanol–water partition coefficient (Wildman–Crippen LogP) is 2.92. The van der Waals surface area contributed by atoms with E-state index < -0.39 is 29.6 Å². The molecule has 0 saturated carbocycles. The van der Waals surface area contributed by atoms with E-state index >= 15 is 0 Å². The maximum absolute atomic E-state index is 14.7. The third-order valence-electron chi connectivity index (χ3n) is 5.57. The molecule has 0 radical (unpaired) electrons. The Hall–Kier alpha value is -3.26. The van der Waals surface area contributed by atoms with E-state index in [1.165, 1.54) is 6.07 Å². The minimum absolute atomic E-state index is 0.266. The van der Waals surface area contributed by atoms with E-state index in [9.17, 15) is 18.8 Å². The van der Waals surface area contributed by atoms with Crippen molar-refractivity contribution in [3.05, 3.63) is 59.4 Å². The topological polar surface area (TPSA) is 79.0 Å². The predicted molar refractivity (Wildman–Crippen MR) is 114 cm³/mol. The smallest absolute Gasteiger partial charge is 0.262 e. The lowest BCUT2D eigenvalue weighted by Gasteiger charge is -2.30. The van der Waals surface area contributed by atoms with Gasteiger partial charge in [0, 0.05) is 18.8 Å². The van der Waals surface area contributed by atoms with Crippen LogP contribution in [0.5, 0.6) is 0 Å². The summed E-state index contributed by atoms with van der Waals surface area (Å²) in [6.45, 7) is 5.78. The first-order chi connectivity index (χ1) is 14.9. The van der Waals surface area contributed by atoms with Gasteiger partial charge < -0.3 is 15.0 Å². The Morgan fingerprint density at radius 3 is 2.19 bits per heavy atom. The molecule has 0 aliphatic carbocycles. The summed E-state index contributed by atoms with van der Waals surface area (Å²) in [6, 6.07) is 9.97. The van der Waals surface area contributed by atoms with Crippen molar-refractivity contribution in [2.24, 2.45) is 5.92 Å². The molecule has 0 bridgehead atoms. The van der Waals surface area contributed by atoms with Crippen molar-refractivity contribution in [2.75, 3.05) is 36.5 Å². The Morgan fingerprint density at radius 1 is 1.03 bits per heavy atom. The highest BCUT2D eigenvalue weighted by Gasteiger charge is 2.43. The molecule has 3 amide bonds. The van der Waals surface area contributed by atoms with Crippen molar-refractivity contribution < 1.29 is 23.5 Å². The van der Waals surface area contributed by atoms with Gasteiger partial charge in [-0.2, -0.15) is 0 Å². The van der Waals surface area contributed by atoms with Crippen LogP contribution in [-0.4, -0.2) is 55.0 Å². The first-order valence-corrected chi connectivity index (χ1v) is 10.3. The van der Waals surface area contributed by atoms with Gasteiger partial charge in [-0.1, -0.05) is 26.0 Å². The van der Waals surface area contributed by atoms with Crippen molar-refractivity contribution in [3.8, 4) is 0 Å². The molecule has 1 saturated heterocycles. The van der Waals surface area contributed by atoms with E-state index in [0.717, 1.165) is 4.90 Å². The second-order valence-electron chi connectivity index (χ2n) is 7.97. The summed E-state index contributed by atoms with van der Waals surface area (Å²) in [5.74, 6) is -2.32. The first kappa shape index (κ1) is 21.0. The average Bonchev–Trinajstić information content (AvgIpc) is 3.00. The van der Waals surface area contributed by atoms with Gasteiger partial charge >= 0.3 is 0 Å². The maximum atomic E-state index is 14.7. The number of morpholine rings is 1. The number of carbonyl (C=O) groups excluding carboxylic acids is 3. The van der Waals surface area contributed by atoms with Crippen molar-refractivity contribution in [3.63, 3.8) is 0 Å². The number of carbonyl (C=O) groups is 3. The lowest BCUT2D eigenvalue weighted by Crippen LogP contribution is -2.50. The summed E-state index contributed by atoms with van der Waals surface area (Å²) < 4.78 is 20.0. The second kappa shape index (κ2) is 8.47. The fourth-order valence-electron chi connectivity index (χ4n) is 4.04. The lowest BCUT2D eigenvalue weighted by molar-refractivity contribution is -0.121. The van der Waals surface area contributed by atoms with Gasteiger partial charge in [0.25, 0.3) is 11.8 Å². The standard InChI is InChI=1S/C23H24FN3O4/c1-14(2)20(27-22(29)16-5-3-4-6-17(16)23(27)30)21(28)25-15-7-8-19(18(24)13-15)26-9-11-31-12-10-26/h3-8,13-14,20H,9-12H2,1-2H3,(H,25,28). The number of benzene rings is 2. The molecule has 4 rings (SSSR count). The van der Waals surface area contributed by atoms with Gasteiger partial charge in [-0.15, -0.1) is 0 Å². The van der Waals surface area contributed by atoms with Gasteiger partial charge in [0.1, 0.15) is 11.9 Å². The average molecular weight is 425 g/mol. The SMILES string of the molecule is CC(C)C(C(=O)Nc1ccc(N2CCOCC2)c(F)c1)N1C(=O)c2ccccc2C1=O. The largest absolute Gasteiger partial charge is 0.378 e. The molecule has 162 valence electrons. The molecule has 2 heterocycles. The number of ether oxygens (including phenoxy) is 1. The van der Waals surface area contributed by atoms with Crippen LogP contribution in [0, 0.1) is 11.7 Å². The number of anilines is 2. The summed E-state index contributed by atoms with van der Waals surface area (Å²) in [5, 5.41) is 2.67. The quantitative estimate of drug-likeness (QED) is 0.746. The highest BCUT2D eigenvalue weighted by Crippen LogP contribution is 2.29. The number of hydrogen-bond acceptors (Lipinski definition) is 5. The molecule has 2 aliphatic rings. The zero-order valence-corrected chi connectivity index (χ0v) is 17.4. The minimum Gasteiger partial charge on any atom is -0.378 e. The number of rotatable bonds is 5. The highest BCUT2D eigenvalue weighted by molar-refractivity contribution is 6.23. The van der Waals surface area contributed by atoms with Gasteiger partial charge in [0.15, 0.2) is 0 Å². The van der Waals surface area contributed by atoms with Crippen LogP contribution >= 0.6 is 0 Å². The summed E-state index contributed by atoms with van der Waals surface area (Å²) in [5.41, 5.74) is 1.28. The number of nitrogens with one attached hydrogen (secondary N) is 1. The van der Waals surface area contributed by atoms with Gasteiger partial charge in [-0.25, -0.2) is 4.39 Å². The Kier molecular flexibility index (Phi) is 5.73. The van der Waals surface area contributed by atoms with Crippen LogP contribution in [0.25, 0.3) is 0 Å². The van der Waals surface area contributed by atoms with E-state index in [4.69, 9.17) is 4.74 Å². The fraction of sp³-hybridized carbons (Fsp3) is 0.348. The molecular formula is C23H24FN3O4. The van der Waals surface area contributed by atoms with Crippen molar-refractivity contribution in [1.82, 2.24) is 4.90 Å². The zero-order valence-electron chi connectivity index (χ0n) is 17.4. The van der Waals surface area contributed by atoms with Crippen LogP contribution in [0.2, 0.25) is 0 Å². The molecule has 1 atom stereocenters. The van der Waals surface area contributed by atoms with Crippen LogP contribution in [0.4, 0.5) is 15.8 Å². The van der Waals surface area contributed by atoms with Gasteiger partial charge in [0.05, 0.1) is 30.0 Å². The van der Waals surface area contributed by atoms with Gasteiger partial charge in [0.2, 0.25) is 5.91 Å². The summed E-state index contributed by atoms with van der Waals surface area (Å²) in [6.07, 6.45) is 0. The van der Waals surface area contributed by atoms with Crippen molar-refractivity contribution in [1.29, 1.82) is 0 Å². The lowest BCUT2D eigenvalue weighted by atomic mass is 10.0. The Balaban J connectivity index is 1.54. The Morgan fingerprint density at radius 2 is 1.65 bits per heavy atom. The fourth-order valence-corrected chi connectivity index (χ4v) is 4.04. The van der Waals surface area contributed by atoms with Crippen molar-refractivity contribution >= 4 is 29.1 Å². The first-order valence-electron chi connectivity index (χ1n) is 10.3. The summed E-state index contributed by atoms with van der Waals surface area (Å²) >= 11 is 0. The molecule has 8 heteroatoms. The van der Waals surface area contributed by atoms with Crippen molar-refractivity contribution in [2.45, 2.75) is 19.9 Å². The molecule has 0 spiro atoms. The molecule has 2 aromatic carbocycles. The monoisotopic (exact) mass is 425 g/mol. The molecule has 7 nitrogen and oxygen atoms in total. The summed E-state index contributed by atoms with van der Waals surface area (Å²) in [4.78, 5) is 41.6. The van der Waals surface area contributed by atoms with E-state index in [1.54, 1.807) is 50.2 Å². The van der Waals surface area contributed by atoms with Crippen LogP contribution in [-0.2, 0) is 9.53 Å². The van der Waals surface area contributed by atoms with Gasteiger partial charge in [-0.05, 0) is 36.2 Å². The number of amides is 3. The van der Waals surface area contributed by atoms with E-state index in [2.05, 4.69) is 5.32 Å². The number of fused-ring (bicyclic) bond motifs is 1. The van der Waals surface area contributed by atoms with E-state index in [-0.39, 0.29) is 22.7 Å². The molecule has 1 unspecified atom stereocenters. The van der Waals surface area contributed by atoms with E-state index in [0.29, 0.717) is 32.0 Å². The zero-order chi connectivity index (χ0) is 22.1. The van der Waals surface area contributed by atoms with Crippen LogP contribution in [0.1, 0.15) is 34.6 Å². The normalized spacial score (nSPS) is 17.2. The number of hydrogen-bond donors (Lipinski definition) is 1. The van der Waals surface area contributed by atoms with Crippen LogP contribution in [0.3, 0.4) is 0 Å². The molecular weight excluding hydrogens is 401 g/mol. The molecule has 2 aromatic rings. The Bertz CT molecular complexity index is 998. The third-order valence-corrected chi connectivity index (χ3v) is 5.57. The van der Waals surface area contributed by atoms with Gasteiger partial charge in [-0.3, -0.25) is 19.3 Å².